The van der Waals surface area contributed by atoms with Crippen molar-refractivity contribution in [3.63, 3.8) is 0 Å². The van der Waals surface area contributed by atoms with Gasteiger partial charge in [-0.3, -0.25) is 10.1 Å². The van der Waals surface area contributed by atoms with Crippen molar-refractivity contribution in [2.45, 2.75) is 44.3 Å². The summed E-state index contributed by atoms with van der Waals surface area (Å²) in [6.45, 7) is 2.12. The summed E-state index contributed by atoms with van der Waals surface area (Å²) in [6.07, 6.45) is 3.06. The first kappa shape index (κ1) is 17.0. The third-order valence-corrected chi connectivity index (χ3v) is 4.62. The molecule has 1 saturated carbocycles. The third-order valence-electron chi connectivity index (χ3n) is 4.37. The van der Waals surface area contributed by atoms with E-state index < -0.39 is 0 Å². The number of carbonyl (C=O) groups is 1. The highest BCUT2D eigenvalue weighted by Crippen LogP contribution is 2.25. The zero-order chi connectivity index (χ0) is 16.9. The van der Waals surface area contributed by atoms with Gasteiger partial charge in [0.1, 0.15) is 6.04 Å². The molecule has 1 aliphatic rings. The molecule has 2 N–H and O–H groups in total. The molecule has 2 atom stereocenters. The second-order valence-corrected chi connectivity index (χ2v) is 6.74. The first-order valence-corrected chi connectivity index (χ1v) is 8.92. The lowest BCUT2D eigenvalue weighted by molar-refractivity contribution is -0.123. The molecule has 0 heterocycles. The number of rotatable bonds is 7. The summed E-state index contributed by atoms with van der Waals surface area (Å²) in [7, 11) is 0. The fraction of sp³-hybridized carbons (Fsp3) is 0.350. The minimum atomic E-state index is -0.354. The maximum atomic E-state index is 12.7. The van der Waals surface area contributed by atoms with Gasteiger partial charge in [0.05, 0.1) is 0 Å². The van der Waals surface area contributed by atoms with E-state index in [1.54, 1.807) is 0 Å². The van der Waals surface area contributed by atoms with E-state index in [0.29, 0.717) is 6.04 Å². The molecule has 0 saturated heterocycles. The van der Waals surface area contributed by atoms with Crippen molar-refractivity contribution in [1.29, 1.82) is 0 Å². The number of hydrogen-bond donors (Lipinski definition) is 2. The normalized spacial score (nSPS) is 16.4. The molecule has 2 aromatic rings. The van der Waals surface area contributed by atoms with E-state index in [9.17, 15) is 4.79 Å². The van der Waals surface area contributed by atoms with Gasteiger partial charge in [-0.2, -0.15) is 0 Å². The molecule has 0 aliphatic heterocycles. The lowest BCUT2D eigenvalue weighted by Gasteiger charge is -2.25. The first-order valence-electron chi connectivity index (χ1n) is 8.54. The van der Waals surface area contributed by atoms with Crippen molar-refractivity contribution in [2.75, 3.05) is 0 Å². The van der Waals surface area contributed by atoms with Gasteiger partial charge in [-0.15, -0.1) is 0 Å². The van der Waals surface area contributed by atoms with E-state index in [0.717, 1.165) is 35.4 Å². The van der Waals surface area contributed by atoms with Crippen molar-refractivity contribution in [2.24, 2.45) is 0 Å². The first-order chi connectivity index (χ1) is 11.7. The van der Waals surface area contributed by atoms with Gasteiger partial charge < -0.3 is 5.32 Å². The topological polar surface area (TPSA) is 41.1 Å². The minimum Gasteiger partial charge on any atom is -0.352 e. The second-order valence-electron chi connectivity index (χ2n) is 6.31. The van der Waals surface area contributed by atoms with Gasteiger partial charge in [-0.05, 0) is 42.5 Å². The molecule has 126 valence electrons. The average molecular weight is 343 g/mol. The molecule has 1 aliphatic carbocycles. The molecule has 1 amide bonds. The predicted octanol–water partition coefficient (Wildman–Crippen LogP) is 4.40. The minimum absolute atomic E-state index is 0.0520. The maximum absolute atomic E-state index is 12.7. The van der Waals surface area contributed by atoms with E-state index >= 15 is 0 Å². The number of halogens is 1. The molecular weight excluding hydrogens is 320 g/mol. The van der Waals surface area contributed by atoms with Crippen LogP contribution in [-0.4, -0.2) is 11.9 Å². The number of nitrogens with one attached hydrogen (secondary N) is 2. The summed E-state index contributed by atoms with van der Waals surface area (Å²) in [4.78, 5) is 12.7. The molecule has 0 bridgehead atoms. The molecule has 0 spiro atoms. The molecule has 0 aromatic heterocycles. The lowest BCUT2D eigenvalue weighted by atomic mass is 10.00. The predicted molar refractivity (Wildman–Crippen MR) is 98.0 cm³/mol. The zero-order valence-corrected chi connectivity index (χ0v) is 14.6. The maximum Gasteiger partial charge on any atom is 0.241 e. The molecule has 3 rings (SSSR count). The van der Waals surface area contributed by atoms with Crippen LogP contribution in [0.5, 0.6) is 0 Å². The Kier molecular flexibility index (Phi) is 5.54. The third kappa shape index (κ3) is 4.37. The standard InChI is InChI=1S/C20H23ClN2O/c1-2-18(14-8-10-16(21)11-9-14)23-19(15-6-4-3-5-7-15)20(24)22-17-12-13-17/h3-11,17-19,23H,2,12-13H2,1H3,(H,22,24)/t18-,19+/m1/s1. The average Bonchev–Trinajstić information content (AvgIpc) is 3.41. The van der Waals surface area contributed by atoms with Crippen molar-refractivity contribution < 1.29 is 4.79 Å². The molecular formula is C20H23ClN2O. The van der Waals surface area contributed by atoms with Crippen LogP contribution in [0.15, 0.2) is 54.6 Å². The van der Waals surface area contributed by atoms with Crippen LogP contribution in [0, 0.1) is 0 Å². The highest BCUT2D eigenvalue weighted by atomic mass is 35.5. The fourth-order valence-corrected chi connectivity index (χ4v) is 2.95. The molecule has 4 heteroatoms. The van der Waals surface area contributed by atoms with Gasteiger partial charge in [0.2, 0.25) is 5.91 Å². The zero-order valence-electron chi connectivity index (χ0n) is 13.8. The summed E-state index contributed by atoms with van der Waals surface area (Å²) in [5, 5.41) is 7.38. The van der Waals surface area contributed by atoms with Gasteiger partial charge in [0, 0.05) is 17.1 Å². The van der Waals surface area contributed by atoms with Crippen molar-refractivity contribution in [3.8, 4) is 0 Å². The fourth-order valence-electron chi connectivity index (χ4n) is 2.83. The molecule has 0 unspecified atom stereocenters. The smallest absolute Gasteiger partial charge is 0.241 e. The Hall–Kier alpha value is -1.84. The van der Waals surface area contributed by atoms with Crippen LogP contribution >= 0.6 is 11.6 Å². The quantitative estimate of drug-likeness (QED) is 0.783. The van der Waals surface area contributed by atoms with Crippen LogP contribution in [0.1, 0.15) is 49.4 Å². The van der Waals surface area contributed by atoms with Crippen molar-refractivity contribution in [1.82, 2.24) is 10.6 Å². The largest absolute Gasteiger partial charge is 0.352 e. The van der Waals surface area contributed by atoms with Crippen LogP contribution in [-0.2, 0) is 4.79 Å². The van der Waals surface area contributed by atoms with E-state index in [-0.39, 0.29) is 18.0 Å². The number of benzene rings is 2. The Bertz CT molecular complexity index is 668. The summed E-state index contributed by atoms with van der Waals surface area (Å²) >= 11 is 5.99. The van der Waals surface area contributed by atoms with E-state index in [1.807, 2.05) is 54.6 Å². The molecule has 3 nitrogen and oxygen atoms in total. The van der Waals surface area contributed by atoms with Gasteiger partial charge in [0.15, 0.2) is 0 Å². The monoisotopic (exact) mass is 342 g/mol. The van der Waals surface area contributed by atoms with E-state index in [4.69, 9.17) is 11.6 Å². The Balaban J connectivity index is 1.81. The molecule has 1 fully saturated rings. The number of hydrogen-bond acceptors (Lipinski definition) is 2. The Morgan fingerprint density at radius 2 is 1.75 bits per heavy atom. The van der Waals surface area contributed by atoms with E-state index in [1.165, 1.54) is 0 Å². The molecule has 2 aromatic carbocycles. The highest BCUT2D eigenvalue weighted by Gasteiger charge is 2.29. The van der Waals surface area contributed by atoms with Crippen LogP contribution in [0.25, 0.3) is 0 Å². The highest BCUT2D eigenvalue weighted by molar-refractivity contribution is 6.30. The number of carbonyl (C=O) groups excluding carboxylic acids is 1. The Morgan fingerprint density at radius 1 is 1.08 bits per heavy atom. The molecule has 0 radical (unpaired) electrons. The summed E-state index contributed by atoms with van der Waals surface area (Å²) in [5.41, 5.74) is 2.13. The van der Waals surface area contributed by atoms with Gasteiger partial charge in [-0.25, -0.2) is 0 Å². The van der Waals surface area contributed by atoms with Crippen LogP contribution in [0.2, 0.25) is 5.02 Å². The van der Waals surface area contributed by atoms with Gasteiger partial charge >= 0.3 is 0 Å². The summed E-state index contributed by atoms with van der Waals surface area (Å²) in [5.74, 6) is 0.0520. The Labute approximate surface area is 148 Å². The second kappa shape index (κ2) is 7.82. The molecule has 24 heavy (non-hydrogen) atoms. The van der Waals surface area contributed by atoms with Crippen molar-refractivity contribution >= 4 is 17.5 Å². The van der Waals surface area contributed by atoms with Crippen molar-refractivity contribution in [3.05, 3.63) is 70.7 Å². The summed E-state index contributed by atoms with van der Waals surface area (Å²) < 4.78 is 0. The van der Waals surface area contributed by atoms with Crippen LogP contribution < -0.4 is 10.6 Å². The van der Waals surface area contributed by atoms with E-state index in [2.05, 4.69) is 17.6 Å². The number of amides is 1. The van der Waals surface area contributed by atoms with Gasteiger partial charge in [0.25, 0.3) is 0 Å². The SMILES string of the molecule is CC[C@@H](N[C@H](C(=O)NC1CC1)c1ccccc1)c1ccc(Cl)cc1. The lowest BCUT2D eigenvalue weighted by Crippen LogP contribution is -2.40. The van der Waals surface area contributed by atoms with Gasteiger partial charge in [-0.1, -0.05) is 61.0 Å². The Morgan fingerprint density at radius 3 is 2.33 bits per heavy atom. The van der Waals surface area contributed by atoms with Crippen LogP contribution in [0.3, 0.4) is 0 Å². The van der Waals surface area contributed by atoms with Crippen LogP contribution in [0.4, 0.5) is 0 Å². The summed E-state index contributed by atoms with van der Waals surface area (Å²) in [6, 6.07) is 17.8.